The maximum atomic E-state index is 11.7. The number of nitrogens with zero attached hydrogens (tertiary/aromatic N) is 1. The standard InChI is InChI=1S/C15H17N3O2/c1-9-12-13(16-8-11-6-4-3-5-7-11)17-10(2)18-14(12)20-15(9)19/h3-7,9-10,16-17H,8H2,1-2H3. The van der Waals surface area contributed by atoms with Gasteiger partial charge in [-0.2, -0.15) is 0 Å². The van der Waals surface area contributed by atoms with Crippen LogP contribution in [0.1, 0.15) is 19.4 Å². The number of rotatable bonds is 3. The number of carbonyl (C=O) groups is 1. The molecule has 1 fully saturated rings. The van der Waals surface area contributed by atoms with Crippen molar-refractivity contribution >= 4 is 11.9 Å². The van der Waals surface area contributed by atoms with Crippen molar-refractivity contribution in [2.45, 2.75) is 26.6 Å². The number of hydrogen-bond acceptors (Lipinski definition) is 5. The molecule has 0 aliphatic carbocycles. The van der Waals surface area contributed by atoms with Gasteiger partial charge in [0.25, 0.3) is 0 Å². The summed E-state index contributed by atoms with van der Waals surface area (Å²) in [5.41, 5.74) is 2.00. The molecule has 2 unspecified atom stereocenters. The van der Waals surface area contributed by atoms with Crippen molar-refractivity contribution in [3.05, 3.63) is 47.3 Å². The highest BCUT2D eigenvalue weighted by molar-refractivity contribution is 6.11. The normalized spacial score (nSPS) is 24.7. The lowest BCUT2D eigenvalue weighted by atomic mass is 10.0. The number of aliphatic imine (C=N–C) groups is 1. The van der Waals surface area contributed by atoms with Gasteiger partial charge in [-0.25, -0.2) is 4.99 Å². The van der Waals surface area contributed by atoms with E-state index in [0.29, 0.717) is 12.4 Å². The predicted octanol–water partition coefficient (Wildman–Crippen LogP) is 1.53. The molecule has 104 valence electrons. The van der Waals surface area contributed by atoms with Crippen LogP contribution in [-0.2, 0) is 16.1 Å². The summed E-state index contributed by atoms with van der Waals surface area (Å²) < 4.78 is 5.20. The summed E-state index contributed by atoms with van der Waals surface area (Å²) >= 11 is 0. The van der Waals surface area contributed by atoms with Crippen LogP contribution in [0.25, 0.3) is 0 Å². The van der Waals surface area contributed by atoms with E-state index in [-0.39, 0.29) is 18.1 Å². The SMILES string of the molecule is CC1N=C2OC(=O)C(C)C2=C(NCc2ccccc2)N1. The van der Waals surface area contributed by atoms with Crippen molar-refractivity contribution in [3.8, 4) is 0 Å². The Labute approximate surface area is 117 Å². The number of carbonyl (C=O) groups excluding carboxylic acids is 1. The Morgan fingerprint density at radius 2 is 2.05 bits per heavy atom. The van der Waals surface area contributed by atoms with Crippen molar-refractivity contribution < 1.29 is 9.53 Å². The minimum Gasteiger partial charge on any atom is -0.407 e. The first kappa shape index (κ1) is 12.7. The van der Waals surface area contributed by atoms with Crippen LogP contribution in [0.3, 0.4) is 0 Å². The molecule has 2 atom stereocenters. The highest BCUT2D eigenvalue weighted by atomic mass is 16.6. The Kier molecular flexibility index (Phi) is 3.18. The molecular formula is C15H17N3O2. The zero-order valence-electron chi connectivity index (χ0n) is 11.5. The fraction of sp³-hybridized carbons (Fsp3) is 0.333. The molecule has 1 aromatic rings. The van der Waals surface area contributed by atoms with Gasteiger partial charge in [0.1, 0.15) is 12.0 Å². The van der Waals surface area contributed by atoms with Crippen molar-refractivity contribution in [1.82, 2.24) is 10.6 Å². The largest absolute Gasteiger partial charge is 0.407 e. The van der Waals surface area contributed by atoms with Crippen molar-refractivity contribution in [2.75, 3.05) is 0 Å². The second kappa shape index (κ2) is 5.00. The number of nitrogens with one attached hydrogen (secondary N) is 2. The molecule has 2 aliphatic rings. The second-order valence-corrected chi connectivity index (χ2v) is 5.03. The topological polar surface area (TPSA) is 62.7 Å². The van der Waals surface area contributed by atoms with Crippen molar-refractivity contribution in [2.24, 2.45) is 10.9 Å². The van der Waals surface area contributed by atoms with E-state index in [0.717, 1.165) is 11.4 Å². The van der Waals surface area contributed by atoms with E-state index in [1.807, 2.05) is 32.0 Å². The van der Waals surface area contributed by atoms with Gasteiger partial charge >= 0.3 is 5.97 Å². The Bertz CT molecular complexity index is 592. The number of esters is 1. The smallest absolute Gasteiger partial charge is 0.320 e. The third-order valence-electron chi connectivity index (χ3n) is 3.46. The quantitative estimate of drug-likeness (QED) is 0.818. The molecule has 1 saturated heterocycles. The Balaban J connectivity index is 1.83. The van der Waals surface area contributed by atoms with Crippen LogP contribution >= 0.6 is 0 Å². The highest BCUT2D eigenvalue weighted by Crippen LogP contribution is 2.28. The highest BCUT2D eigenvalue weighted by Gasteiger charge is 2.39. The molecule has 0 radical (unpaired) electrons. The summed E-state index contributed by atoms with van der Waals surface area (Å²) in [6, 6.07) is 10.1. The maximum absolute atomic E-state index is 11.7. The van der Waals surface area contributed by atoms with Crippen LogP contribution in [0.4, 0.5) is 0 Å². The molecule has 0 saturated carbocycles. The Morgan fingerprint density at radius 1 is 1.30 bits per heavy atom. The number of fused-ring (bicyclic) bond motifs is 1. The van der Waals surface area contributed by atoms with Crippen LogP contribution in [0.5, 0.6) is 0 Å². The van der Waals surface area contributed by atoms with E-state index in [9.17, 15) is 4.79 Å². The van der Waals surface area contributed by atoms with E-state index >= 15 is 0 Å². The van der Waals surface area contributed by atoms with Gasteiger partial charge < -0.3 is 15.4 Å². The first-order chi connectivity index (χ1) is 9.65. The summed E-state index contributed by atoms with van der Waals surface area (Å²) in [6.07, 6.45) is -0.106. The molecule has 0 amide bonds. The molecule has 0 bridgehead atoms. The van der Waals surface area contributed by atoms with Gasteiger partial charge in [-0.3, -0.25) is 4.79 Å². The van der Waals surface area contributed by atoms with Gasteiger partial charge in [0.05, 0.1) is 11.5 Å². The molecule has 2 aliphatic heterocycles. The van der Waals surface area contributed by atoms with E-state index in [2.05, 4.69) is 27.8 Å². The monoisotopic (exact) mass is 271 g/mol. The number of ether oxygens (including phenoxy) is 1. The first-order valence-corrected chi connectivity index (χ1v) is 6.73. The van der Waals surface area contributed by atoms with Gasteiger partial charge in [0, 0.05) is 6.54 Å². The Morgan fingerprint density at radius 3 is 2.80 bits per heavy atom. The van der Waals surface area contributed by atoms with Gasteiger partial charge in [-0.15, -0.1) is 0 Å². The fourth-order valence-corrected chi connectivity index (χ4v) is 2.39. The van der Waals surface area contributed by atoms with Gasteiger partial charge in [-0.1, -0.05) is 30.3 Å². The van der Waals surface area contributed by atoms with Gasteiger partial charge in [0.15, 0.2) is 0 Å². The zero-order valence-corrected chi connectivity index (χ0v) is 11.5. The maximum Gasteiger partial charge on any atom is 0.320 e. The molecule has 3 rings (SSSR count). The van der Waals surface area contributed by atoms with E-state index in [1.54, 1.807) is 0 Å². The number of hydrogen-bond donors (Lipinski definition) is 2. The van der Waals surface area contributed by atoms with E-state index < -0.39 is 0 Å². The van der Waals surface area contributed by atoms with Crippen LogP contribution in [0.2, 0.25) is 0 Å². The van der Waals surface area contributed by atoms with Crippen LogP contribution in [-0.4, -0.2) is 18.0 Å². The molecule has 2 N–H and O–H groups in total. The van der Waals surface area contributed by atoms with Crippen molar-refractivity contribution in [1.29, 1.82) is 0 Å². The lowest BCUT2D eigenvalue weighted by Crippen LogP contribution is -2.38. The van der Waals surface area contributed by atoms with Crippen LogP contribution in [0, 0.1) is 5.92 Å². The van der Waals surface area contributed by atoms with E-state index in [4.69, 9.17) is 4.74 Å². The number of benzene rings is 1. The average molecular weight is 271 g/mol. The molecular weight excluding hydrogens is 254 g/mol. The van der Waals surface area contributed by atoms with Crippen molar-refractivity contribution in [3.63, 3.8) is 0 Å². The fourth-order valence-electron chi connectivity index (χ4n) is 2.39. The Hall–Kier alpha value is -2.30. The lowest BCUT2D eigenvalue weighted by Gasteiger charge is -2.23. The molecule has 0 aromatic heterocycles. The average Bonchev–Trinajstić information content (AvgIpc) is 2.72. The predicted molar refractivity (Wildman–Crippen MR) is 75.6 cm³/mol. The van der Waals surface area contributed by atoms with Crippen LogP contribution in [0.15, 0.2) is 46.7 Å². The summed E-state index contributed by atoms with van der Waals surface area (Å²) in [6.45, 7) is 4.44. The minimum absolute atomic E-state index is 0.106. The van der Waals surface area contributed by atoms with E-state index in [1.165, 1.54) is 5.56 Å². The molecule has 1 aromatic carbocycles. The minimum atomic E-state index is -0.285. The third-order valence-corrected chi connectivity index (χ3v) is 3.46. The second-order valence-electron chi connectivity index (χ2n) is 5.03. The summed E-state index contributed by atoms with van der Waals surface area (Å²) in [7, 11) is 0. The summed E-state index contributed by atoms with van der Waals surface area (Å²) in [5, 5.41) is 6.60. The first-order valence-electron chi connectivity index (χ1n) is 6.73. The molecule has 5 nitrogen and oxygen atoms in total. The molecule has 5 heteroatoms. The summed E-state index contributed by atoms with van der Waals surface area (Å²) in [4.78, 5) is 16.0. The third kappa shape index (κ3) is 2.27. The molecule has 20 heavy (non-hydrogen) atoms. The zero-order chi connectivity index (χ0) is 14.1. The van der Waals surface area contributed by atoms with Gasteiger partial charge in [0.2, 0.25) is 5.90 Å². The van der Waals surface area contributed by atoms with Crippen LogP contribution < -0.4 is 10.6 Å². The molecule has 2 heterocycles. The molecule has 0 spiro atoms. The van der Waals surface area contributed by atoms with Gasteiger partial charge in [-0.05, 0) is 19.4 Å². The lowest BCUT2D eigenvalue weighted by molar-refractivity contribution is -0.135. The summed E-state index contributed by atoms with van der Waals surface area (Å²) in [5.74, 6) is 0.759.